The van der Waals surface area contributed by atoms with Crippen molar-refractivity contribution >= 4 is 39.5 Å². The van der Waals surface area contributed by atoms with Gasteiger partial charge in [0.1, 0.15) is 19.3 Å². The van der Waals surface area contributed by atoms with Gasteiger partial charge in [0.25, 0.3) is 0 Å². The van der Waals surface area contributed by atoms with Gasteiger partial charge in [-0.05, 0) is 31.6 Å². The fraction of sp³-hybridized carbons (Fsp3) is 0.942. The highest BCUT2D eigenvalue weighted by Crippen LogP contribution is 2.45. The second kappa shape index (κ2) is 62.5. The number of ether oxygens (including phenoxy) is 4. The molecule has 522 valence electrons. The molecule has 0 aliphatic rings. The van der Waals surface area contributed by atoms with Gasteiger partial charge in [-0.2, -0.15) is 0 Å². The van der Waals surface area contributed by atoms with Gasteiger partial charge in [-0.25, -0.2) is 9.13 Å². The van der Waals surface area contributed by atoms with Crippen molar-refractivity contribution in [3.05, 3.63) is 0 Å². The Kier molecular flexibility index (Phi) is 61.1. The Labute approximate surface area is 537 Å². The summed E-state index contributed by atoms with van der Waals surface area (Å²) in [5.41, 5.74) is 0. The number of aliphatic hydroxyl groups is 1. The number of phosphoric acid groups is 2. The van der Waals surface area contributed by atoms with Crippen LogP contribution in [-0.2, 0) is 65.4 Å². The highest BCUT2D eigenvalue weighted by atomic mass is 31.2. The fourth-order valence-electron chi connectivity index (χ4n) is 10.5. The topological polar surface area (TPSA) is 237 Å². The molecule has 0 heterocycles. The van der Waals surface area contributed by atoms with Gasteiger partial charge in [0, 0.05) is 25.7 Å². The second-order valence-electron chi connectivity index (χ2n) is 25.4. The van der Waals surface area contributed by atoms with Crippen LogP contribution < -0.4 is 0 Å². The standard InChI is InChI=1S/C69H134O17P2/c1-6-9-12-15-18-21-23-25-26-27-28-29-30-31-33-35-38-44-49-54-68(73)85-64(58-80-67(72)53-48-43-37-34-32-24-22-19-16-13-10-7-2)60-83-87(75,76)81-56-63(70)57-82-88(77,78)84-61-65(59-79-66(71)52-47-42-36-20-17-14-11-8-3)86-69(74)55-50-45-40-39-41-46-51-62(4)5/h62-65,70H,6-61H2,1-5H3,(H,75,76)(H,77,78)/t63-,64-,65-/m1/s1. The number of esters is 4. The van der Waals surface area contributed by atoms with E-state index < -0.39 is 97.5 Å². The van der Waals surface area contributed by atoms with Gasteiger partial charge in [-0.15, -0.1) is 0 Å². The fourth-order valence-corrected chi connectivity index (χ4v) is 12.0. The van der Waals surface area contributed by atoms with Gasteiger partial charge in [-0.3, -0.25) is 37.3 Å². The van der Waals surface area contributed by atoms with Crippen molar-refractivity contribution in [2.45, 2.75) is 374 Å². The number of aliphatic hydroxyl groups excluding tert-OH is 1. The van der Waals surface area contributed by atoms with E-state index in [9.17, 15) is 43.2 Å². The van der Waals surface area contributed by atoms with Gasteiger partial charge in [0.05, 0.1) is 26.4 Å². The largest absolute Gasteiger partial charge is 0.472 e. The normalized spacial score (nSPS) is 14.1. The van der Waals surface area contributed by atoms with Crippen LogP contribution in [0.4, 0.5) is 0 Å². The van der Waals surface area contributed by atoms with E-state index in [1.807, 2.05) is 0 Å². The van der Waals surface area contributed by atoms with Gasteiger partial charge in [0.15, 0.2) is 12.2 Å². The first-order valence-electron chi connectivity index (χ1n) is 36.1. The molecule has 0 aliphatic heterocycles. The summed E-state index contributed by atoms with van der Waals surface area (Å²) in [5, 5.41) is 10.6. The molecule has 0 radical (unpaired) electrons. The first-order chi connectivity index (χ1) is 42.5. The van der Waals surface area contributed by atoms with Crippen LogP contribution in [0.25, 0.3) is 0 Å². The lowest BCUT2D eigenvalue weighted by atomic mass is 10.0. The van der Waals surface area contributed by atoms with Crippen LogP contribution >= 0.6 is 15.6 Å². The van der Waals surface area contributed by atoms with Gasteiger partial charge in [0.2, 0.25) is 0 Å². The van der Waals surface area contributed by atoms with Crippen molar-refractivity contribution < 1.29 is 80.2 Å². The minimum absolute atomic E-state index is 0.102. The van der Waals surface area contributed by atoms with E-state index in [4.69, 9.17) is 37.0 Å². The molecular formula is C69H134O17P2. The Morgan fingerprint density at radius 1 is 0.307 bits per heavy atom. The quantitative estimate of drug-likeness (QED) is 0.0222. The van der Waals surface area contributed by atoms with Crippen LogP contribution in [0.5, 0.6) is 0 Å². The maximum Gasteiger partial charge on any atom is 0.472 e. The van der Waals surface area contributed by atoms with E-state index in [2.05, 4.69) is 34.6 Å². The average Bonchev–Trinajstić information content (AvgIpc) is 3.53. The number of unbranched alkanes of at least 4 members (excludes halogenated alkanes) is 41. The molecule has 0 bridgehead atoms. The van der Waals surface area contributed by atoms with Crippen LogP contribution in [0.3, 0.4) is 0 Å². The molecule has 0 aromatic heterocycles. The van der Waals surface area contributed by atoms with Crippen molar-refractivity contribution in [1.82, 2.24) is 0 Å². The molecule has 0 aromatic carbocycles. The van der Waals surface area contributed by atoms with Crippen LogP contribution in [0.15, 0.2) is 0 Å². The van der Waals surface area contributed by atoms with E-state index in [-0.39, 0.29) is 25.7 Å². The van der Waals surface area contributed by atoms with Crippen LogP contribution in [0.1, 0.15) is 356 Å². The lowest BCUT2D eigenvalue weighted by Crippen LogP contribution is -2.30. The van der Waals surface area contributed by atoms with Crippen LogP contribution in [0.2, 0.25) is 0 Å². The monoisotopic (exact) mass is 1300 g/mol. The van der Waals surface area contributed by atoms with E-state index >= 15 is 0 Å². The molecule has 0 aromatic rings. The van der Waals surface area contributed by atoms with Crippen molar-refractivity contribution in [3.8, 4) is 0 Å². The second-order valence-corrected chi connectivity index (χ2v) is 28.3. The maximum absolute atomic E-state index is 13.0. The molecule has 19 heteroatoms. The maximum atomic E-state index is 13.0. The Morgan fingerprint density at radius 3 is 0.773 bits per heavy atom. The molecule has 0 amide bonds. The SMILES string of the molecule is CCCCCCCCCCCCCCCCCCCCCC(=O)O[C@H](COC(=O)CCCCCCCCCCCCCC)COP(=O)(O)OC[C@@H](O)COP(=O)(O)OC[C@@H](COC(=O)CCCCCCCCCC)OC(=O)CCCCCCCCC(C)C. The number of carbonyl (C=O) groups excluding carboxylic acids is 4. The molecule has 0 fully saturated rings. The lowest BCUT2D eigenvalue weighted by molar-refractivity contribution is -0.161. The molecule has 0 rings (SSSR count). The molecule has 2 unspecified atom stereocenters. The Bertz CT molecular complexity index is 1700. The Morgan fingerprint density at radius 2 is 0.523 bits per heavy atom. The summed E-state index contributed by atoms with van der Waals surface area (Å²) >= 11 is 0. The smallest absolute Gasteiger partial charge is 0.462 e. The number of rotatable bonds is 69. The third kappa shape index (κ3) is 62.8. The molecular weight excluding hydrogens is 1160 g/mol. The number of phosphoric ester groups is 2. The van der Waals surface area contributed by atoms with Gasteiger partial charge < -0.3 is 33.8 Å². The zero-order chi connectivity index (χ0) is 64.9. The predicted octanol–water partition coefficient (Wildman–Crippen LogP) is 19.7. The molecule has 0 aliphatic carbocycles. The highest BCUT2D eigenvalue weighted by molar-refractivity contribution is 7.47. The molecule has 0 spiro atoms. The predicted molar refractivity (Wildman–Crippen MR) is 354 cm³/mol. The van der Waals surface area contributed by atoms with E-state index in [1.165, 1.54) is 173 Å². The van der Waals surface area contributed by atoms with Crippen molar-refractivity contribution in [2.75, 3.05) is 39.6 Å². The lowest BCUT2D eigenvalue weighted by Gasteiger charge is -2.21. The summed E-state index contributed by atoms with van der Waals surface area (Å²) in [5.74, 6) is -1.46. The van der Waals surface area contributed by atoms with Crippen molar-refractivity contribution in [1.29, 1.82) is 0 Å². The van der Waals surface area contributed by atoms with Crippen LogP contribution in [-0.4, -0.2) is 96.7 Å². The minimum atomic E-state index is -4.95. The van der Waals surface area contributed by atoms with E-state index in [1.54, 1.807) is 0 Å². The van der Waals surface area contributed by atoms with E-state index in [0.717, 1.165) is 96.3 Å². The van der Waals surface area contributed by atoms with Crippen molar-refractivity contribution in [2.24, 2.45) is 5.92 Å². The third-order valence-corrected chi connectivity index (χ3v) is 17.9. The summed E-state index contributed by atoms with van der Waals surface area (Å²) in [7, 11) is -9.89. The van der Waals surface area contributed by atoms with Gasteiger partial charge in [-0.1, -0.05) is 304 Å². The number of hydrogen-bond donors (Lipinski definition) is 3. The van der Waals surface area contributed by atoms with Gasteiger partial charge >= 0.3 is 39.5 Å². The van der Waals surface area contributed by atoms with E-state index in [0.29, 0.717) is 31.6 Å². The molecule has 0 saturated heterocycles. The minimum Gasteiger partial charge on any atom is -0.462 e. The Hall–Kier alpha value is -1.94. The summed E-state index contributed by atoms with van der Waals surface area (Å²) in [6.45, 7) is 7.12. The highest BCUT2D eigenvalue weighted by Gasteiger charge is 2.30. The Balaban J connectivity index is 5.17. The summed E-state index contributed by atoms with van der Waals surface area (Å²) < 4.78 is 68.1. The number of carbonyl (C=O) groups is 4. The van der Waals surface area contributed by atoms with Crippen molar-refractivity contribution in [3.63, 3.8) is 0 Å². The molecule has 3 N–H and O–H groups in total. The molecule has 17 nitrogen and oxygen atoms in total. The summed E-state index contributed by atoms with van der Waals surface area (Å²) in [6.07, 6.45) is 48.9. The summed E-state index contributed by atoms with van der Waals surface area (Å²) in [4.78, 5) is 72.3. The average molecular weight is 1300 g/mol. The van der Waals surface area contributed by atoms with Crippen LogP contribution in [0, 0.1) is 5.92 Å². The summed E-state index contributed by atoms with van der Waals surface area (Å²) in [6, 6.07) is 0. The first-order valence-corrected chi connectivity index (χ1v) is 39.1. The number of hydrogen-bond acceptors (Lipinski definition) is 15. The molecule has 5 atom stereocenters. The third-order valence-electron chi connectivity index (χ3n) is 16.0. The molecule has 88 heavy (non-hydrogen) atoms. The zero-order valence-electron chi connectivity index (χ0n) is 56.9. The zero-order valence-corrected chi connectivity index (χ0v) is 58.6. The molecule has 0 saturated carbocycles. The first kappa shape index (κ1) is 86.1.